The van der Waals surface area contributed by atoms with Crippen molar-refractivity contribution in [3.8, 4) is 0 Å². The third-order valence-electron chi connectivity index (χ3n) is 1.77. The van der Waals surface area contributed by atoms with Gasteiger partial charge in [0.1, 0.15) is 3.70 Å². The van der Waals surface area contributed by atoms with Gasteiger partial charge >= 0.3 is 5.69 Å². The number of fused-ring (bicyclic) bond motifs is 1. The van der Waals surface area contributed by atoms with Crippen LogP contribution in [0, 0.1) is 19.6 Å². The number of nitro groups is 1. The van der Waals surface area contributed by atoms with Crippen molar-refractivity contribution in [1.29, 1.82) is 0 Å². The molecule has 0 saturated carbocycles. The third-order valence-corrected chi connectivity index (χ3v) is 2.60. The van der Waals surface area contributed by atoms with Crippen molar-refractivity contribution in [2.45, 2.75) is 0 Å². The standard InChI is InChI=1S/C7H3FIN3O2/c8-4-2-5-3(7(9)11-10-5)1-6(4)12(13)14/h1-2H,(H,10,11). The molecule has 0 aliphatic carbocycles. The van der Waals surface area contributed by atoms with Crippen molar-refractivity contribution in [3.05, 3.63) is 31.8 Å². The number of halogens is 2. The minimum Gasteiger partial charge on any atom is -0.271 e. The van der Waals surface area contributed by atoms with Gasteiger partial charge in [0.05, 0.1) is 10.4 Å². The van der Waals surface area contributed by atoms with Gasteiger partial charge in [-0.05, 0) is 22.6 Å². The predicted molar refractivity (Wildman–Crippen MR) is 55.4 cm³/mol. The Labute approximate surface area is 90.6 Å². The minimum absolute atomic E-state index is 0.387. The third kappa shape index (κ3) is 1.33. The van der Waals surface area contributed by atoms with Crippen LogP contribution in [-0.2, 0) is 0 Å². The second kappa shape index (κ2) is 3.15. The second-order valence-electron chi connectivity index (χ2n) is 2.62. The summed E-state index contributed by atoms with van der Waals surface area (Å²) in [7, 11) is 0. The van der Waals surface area contributed by atoms with Crippen LogP contribution in [0.3, 0.4) is 0 Å². The molecule has 0 amide bonds. The molecule has 0 spiro atoms. The first-order chi connectivity index (χ1) is 6.59. The van der Waals surface area contributed by atoms with Crippen LogP contribution in [0.15, 0.2) is 12.1 Å². The van der Waals surface area contributed by atoms with Gasteiger partial charge in [0, 0.05) is 17.5 Å². The molecule has 1 aromatic heterocycles. The average Bonchev–Trinajstić information content (AvgIpc) is 2.46. The number of nitro benzene ring substituents is 1. The van der Waals surface area contributed by atoms with E-state index in [0.717, 1.165) is 6.07 Å². The summed E-state index contributed by atoms with van der Waals surface area (Å²) in [4.78, 5) is 9.68. The van der Waals surface area contributed by atoms with Gasteiger partial charge < -0.3 is 0 Å². The molecule has 0 bridgehead atoms. The van der Waals surface area contributed by atoms with Crippen LogP contribution in [-0.4, -0.2) is 15.1 Å². The molecule has 5 nitrogen and oxygen atoms in total. The van der Waals surface area contributed by atoms with Gasteiger partial charge in [0.25, 0.3) is 0 Å². The number of nitrogens with zero attached hydrogens (tertiary/aromatic N) is 2. The Morgan fingerprint density at radius 2 is 2.29 bits per heavy atom. The van der Waals surface area contributed by atoms with E-state index in [9.17, 15) is 14.5 Å². The summed E-state index contributed by atoms with van der Waals surface area (Å²) in [6.45, 7) is 0. The largest absolute Gasteiger partial charge is 0.305 e. The number of hydrogen-bond donors (Lipinski definition) is 1. The number of benzene rings is 1. The van der Waals surface area contributed by atoms with Gasteiger partial charge in [0.15, 0.2) is 0 Å². The van der Waals surface area contributed by atoms with Crippen LogP contribution in [0.5, 0.6) is 0 Å². The van der Waals surface area contributed by atoms with Gasteiger partial charge in [-0.1, -0.05) is 0 Å². The smallest absolute Gasteiger partial charge is 0.271 e. The molecule has 0 unspecified atom stereocenters. The van der Waals surface area contributed by atoms with Crippen molar-refractivity contribution in [3.63, 3.8) is 0 Å². The Morgan fingerprint density at radius 3 is 2.93 bits per heavy atom. The molecule has 2 aromatic rings. The predicted octanol–water partition coefficient (Wildman–Crippen LogP) is 2.21. The molecule has 1 aromatic carbocycles. The molecule has 14 heavy (non-hydrogen) atoms. The maximum Gasteiger partial charge on any atom is 0.305 e. The zero-order chi connectivity index (χ0) is 10.3. The van der Waals surface area contributed by atoms with Crippen molar-refractivity contribution in [2.75, 3.05) is 0 Å². The van der Waals surface area contributed by atoms with Gasteiger partial charge in [0.2, 0.25) is 5.82 Å². The lowest BCUT2D eigenvalue weighted by Crippen LogP contribution is -1.92. The summed E-state index contributed by atoms with van der Waals surface area (Å²) in [6.07, 6.45) is 0. The highest BCUT2D eigenvalue weighted by Crippen LogP contribution is 2.25. The van der Waals surface area contributed by atoms with E-state index in [2.05, 4.69) is 10.2 Å². The maximum atomic E-state index is 13.1. The SMILES string of the molecule is O=[N+]([O-])c1cc2c(I)[nH]nc2cc1F. The number of aromatic amines is 1. The van der Waals surface area contributed by atoms with Gasteiger partial charge in [-0.25, -0.2) is 0 Å². The van der Waals surface area contributed by atoms with Gasteiger partial charge in [-0.2, -0.15) is 9.49 Å². The lowest BCUT2D eigenvalue weighted by atomic mass is 10.2. The zero-order valence-electron chi connectivity index (χ0n) is 6.62. The van der Waals surface area contributed by atoms with Gasteiger partial charge in [-0.15, -0.1) is 0 Å². The van der Waals surface area contributed by atoms with E-state index in [1.165, 1.54) is 6.07 Å². The molecule has 0 aliphatic heterocycles. The quantitative estimate of drug-likeness (QED) is 0.499. The normalized spacial score (nSPS) is 10.7. The Hall–Kier alpha value is -1.25. The average molecular weight is 307 g/mol. The van der Waals surface area contributed by atoms with E-state index in [-0.39, 0.29) is 0 Å². The Kier molecular flexibility index (Phi) is 2.10. The van der Waals surface area contributed by atoms with E-state index in [4.69, 9.17) is 0 Å². The number of rotatable bonds is 1. The minimum atomic E-state index is -0.870. The molecule has 0 fully saturated rings. The fourth-order valence-corrected chi connectivity index (χ4v) is 1.68. The van der Waals surface area contributed by atoms with Crippen molar-refractivity contribution >= 4 is 39.2 Å². The summed E-state index contributed by atoms with van der Waals surface area (Å²) in [6, 6.07) is 2.22. The Morgan fingerprint density at radius 1 is 1.57 bits per heavy atom. The summed E-state index contributed by atoms with van der Waals surface area (Å²) in [5.41, 5.74) is -0.144. The molecule has 0 radical (unpaired) electrons. The number of nitrogens with one attached hydrogen (secondary N) is 1. The van der Waals surface area contributed by atoms with Crippen molar-refractivity contribution in [2.24, 2.45) is 0 Å². The lowest BCUT2D eigenvalue weighted by molar-refractivity contribution is -0.387. The topological polar surface area (TPSA) is 71.8 Å². The maximum absolute atomic E-state index is 13.1. The van der Waals surface area contributed by atoms with Gasteiger partial charge in [-0.3, -0.25) is 15.2 Å². The van der Waals surface area contributed by atoms with Crippen LogP contribution in [0.4, 0.5) is 10.1 Å². The van der Waals surface area contributed by atoms with E-state index in [1.54, 1.807) is 0 Å². The first kappa shape index (κ1) is 9.31. The molecule has 0 saturated heterocycles. The molecular formula is C7H3FIN3O2. The number of hydrogen-bond acceptors (Lipinski definition) is 3. The molecule has 0 atom stereocenters. The van der Waals surface area contributed by atoms with Crippen LogP contribution in [0.25, 0.3) is 10.9 Å². The molecule has 1 heterocycles. The van der Waals surface area contributed by atoms with E-state index >= 15 is 0 Å². The highest BCUT2D eigenvalue weighted by Gasteiger charge is 2.17. The van der Waals surface area contributed by atoms with E-state index in [1.807, 2.05) is 22.6 Å². The highest BCUT2D eigenvalue weighted by molar-refractivity contribution is 14.1. The Bertz CT molecular complexity index is 525. The molecular weight excluding hydrogens is 304 g/mol. The first-order valence-electron chi connectivity index (χ1n) is 3.57. The number of aromatic nitrogens is 2. The molecule has 7 heteroatoms. The van der Waals surface area contributed by atoms with Crippen molar-refractivity contribution < 1.29 is 9.31 Å². The van der Waals surface area contributed by atoms with E-state index < -0.39 is 16.4 Å². The first-order valence-corrected chi connectivity index (χ1v) is 4.65. The molecule has 2 rings (SSSR count). The van der Waals surface area contributed by atoms with Crippen LogP contribution < -0.4 is 0 Å². The van der Waals surface area contributed by atoms with Crippen LogP contribution in [0.1, 0.15) is 0 Å². The van der Waals surface area contributed by atoms with Crippen LogP contribution >= 0.6 is 22.6 Å². The summed E-state index contributed by atoms with van der Waals surface area (Å²) in [5.74, 6) is -0.870. The zero-order valence-corrected chi connectivity index (χ0v) is 8.78. The summed E-state index contributed by atoms with van der Waals surface area (Å²) >= 11 is 1.94. The number of H-pyrrole nitrogens is 1. The fraction of sp³-hybridized carbons (Fsp3) is 0. The summed E-state index contributed by atoms with van der Waals surface area (Å²) in [5, 5.41) is 17.4. The van der Waals surface area contributed by atoms with E-state index in [0.29, 0.717) is 14.6 Å². The lowest BCUT2D eigenvalue weighted by Gasteiger charge is -1.93. The monoisotopic (exact) mass is 307 g/mol. The molecule has 0 aliphatic rings. The van der Waals surface area contributed by atoms with Crippen molar-refractivity contribution in [1.82, 2.24) is 10.2 Å². The highest BCUT2D eigenvalue weighted by atomic mass is 127. The second-order valence-corrected chi connectivity index (χ2v) is 3.69. The fourth-order valence-electron chi connectivity index (χ4n) is 1.13. The summed E-state index contributed by atoms with van der Waals surface area (Å²) < 4.78 is 13.7. The Balaban J connectivity index is 2.80. The molecule has 1 N–H and O–H groups in total. The molecule has 72 valence electrons. The van der Waals surface area contributed by atoms with Crippen LogP contribution in [0.2, 0.25) is 0 Å².